The minimum atomic E-state index is -0.202. The molecule has 25 heavy (non-hydrogen) atoms. The molecule has 0 aliphatic heterocycles. The van der Waals surface area contributed by atoms with Crippen molar-refractivity contribution in [1.29, 1.82) is 0 Å². The highest BCUT2D eigenvalue weighted by molar-refractivity contribution is 5.95. The number of amides is 1. The van der Waals surface area contributed by atoms with Gasteiger partial charge in [-0.3, -0.25) is 4.79 Å². The number of hydrogen-bond acceptors (Lipinski definition) is 4. The number of rotatable bonds is 6. The number of hydrogen-bond donors (Lipinski definition) is 1. The average Bonchev–Trinajstić information content (AvgIpc) is 2.59. The standard InChI is InChI=1S/C20H25NO4/c1-12-7-8-16(13(2)9-12)14(3)21-20(22)15-10-17(23-4)19(25-6)18(11-15)24-5/h7-11,14H,1-6H3,(H,21,22)/t14-/m0/s1. The first-order chi connectivity index (χ1) is 11.9. The van der Waals surface area contributed by atoms with Crippen LogP contribution in [0.15, 0.2) is 30.3 Å². The first-order valence-corrected chi connectivity index (χ1v) is 8.09. The summed E-state index contributed by atoms with van der Waals surface area (Å²) in [4.78, 5) is 12.7. The molecule has 2 rings (SSSR count). The highest BCUT2D eigenvalue weighted by Gasteiger charge is 2.19. The molecule has 2 aromatic rings. The van der Waals surface area contributed by atoms with Crippen molar-refractivity contribution in [3.8, 4) is 17.2 Å². The Bertz CT molecular complexity index is 745. The lowest BCUT2D eigenvalue weighted by atomic mass is 10.00. The van der Waals surface area contributed by atoms with E-state index in [9.17, 15) is 4.79 Å². The van der Waals surface area contributed by atoms with Gasteiger partial charge in [-0.25, -0.2) is 0 Å². The first kappa shape index (κ1) is 18.6. The van der Waals surface area contributed by atoms with Gasteiger partial charge in [0.25, 0.3) is 5.91 Å². The summed E-state index contributed by atoms with van der Waals surface area (Å²) in [5.41, 5.74) is 3.89. The van der Waals surface area contributed by atoms with Crippen molar-refractivity contribution in [2.75, 3.05) is 21.3 Å². The number of ether oxygens (including phenoxy) is 3. The van der Waals surface area contributed by atoms with E-state index in [1.165, 1.54) is 26.9 Å². The average molecular weight is 343 g/mol. The molecule has 1 atom stereocenters. The van der Waals surface area contributed by atoms with Crippen LogP contribution in [0.5, 0.6) is 17.2 Å². The van der Waals surface area contributed by atoms with Crippen molar-refractivity contribution in [3.05, 3.63) is 52.6 Å². The van der Waals surface area contributed by atoms with Crippen LogP contribution in [0.1, 0.15) is 40.0 Å². The normalized spacial score (nSPS) is 11.6. The summed E-state index contributed by atoms with van der Waals surface area (Å²) in [6, 6.07) is 9.37. The van der Waals surface area contributed by atoms with Crippen molar-refractivity contribution >= 4 is 5.91 Å². The van der Waals surface area contributed by atoms with Crippen molar-refractivity contribution in [1.82, 2.24) is 5.32 Å². The lowest BCUT2D eigenvalue weighted by Crippen LogP contribution is -2.27. The largest absolute Gasteiger partial charge is 0.493 e. The van der Waals surface area contributed by atoms with Gasteiger partial charge in [0.1, 0.15) is 0 Å². The Morgan fingerprint density at radius 3 is 2.04 bits per heavy atom. The van der Waals surface area contributed by atoms with Gasteiger partial charge in [0.2, 0.25) is 5.75 Å². The Balaban J connectivity index is 2.28. The second-order valence-electron chi connectivity index (χ2n) is 5.97. The second kappa shape index (κ2) is 7.92. The molecule has 0 aliphatic carbocycles. The quantitative estimate of drug-likeness (QED) is 0.866. The van der Waals surface area contributed by atoms with Crippen LogP contribution in [0.25, 0.3) is 0 Å². The van der Waals surface area contributed by atoms with E-state index in [1.807, 2.05) is 26.0 Å². The van der Waals surface area contributed by atoms with Crippen LogP contribution >= 0.6 is 0 Å². The third-order valence-electron chi connectivity index (χ3n) is 4.17. The number of benzene rings is 2. The lowest BCUT2D eigenvalue weighted by molar-refractivity contribution is 0.0939. The van der Waals surface area contributed by atoms with Crippen LogP contribution in [0.4, 0.5) is 0 Å². The molecule has 5 heteroatoms. The van der Waals surface area contributed by atoms with E-state index in [1.54, 1.807) is 12.1 Å². The number of carbonyl (C=O) groups excluding carboxylic acids is 1. The van der Waals surface area contributed by atoms with Crippen molar-refractivity contribution in [3.63, 3.8) is 0 Å². The Morgan fingerprint density at radius 1 is 0.960 bits per heavy atom. The fourth-order valence-electron chi connectivity index (χ4n) is 2.88. The van der Waals surface area contributed by atoms with Gasteiger partial charge in [-0.05, 0) is 44.0 Å². The van der Waals surface area contributed by atoms with Crippen LogP contribution in [0.3, 0.4) is 0 Å². The molecule has 0 unspecified atom stereocenters. The molecule has 0 radical (unpaired) electrons. The van der Waals surface area contributed by atoms with Gasteiger partial charge in [0.15, 0.2) is 11.5 Å². The van der Waals surface area contributed by atoms with E-state index in [4.69, 9.17) is 14.2 Å². The summed E-state index contributed by atoms with van der Waals surface area (Å²) >= 11 is 0. The molecule has 0 aromatic heterocycles. The Morgan fingerprint density at radius 2 is 1.56 bits per heavy atom. The molecule has 5 nitrogen and oxygen atoms in total. The van der Waals surface area contributed by atoms with E-state index >= 15 is 0 Å². The minimum Gasteiger partial charge on any atom is -0.493 e. The summed E-state index contributed by atoms with van der Waals surface area (Å²) in [7, 11) is 4.58. The maximum absolute atomic E-state index is 12.7. The van der Waals surface area contributed by atoms with E-state index in [2.05, 4.69) is 18.3 Å². The summed E-state index contributed by atoms with van der Waals surface area (Å²) in [5, 5.41) is 3.02. The van der Waals surface area contributed by atoms with Crippen molar-refractivity contribution in [2.45, 2.75) is 26.8 Å². The lowest BCUT2D eigenvalue weighted by Gasteiger charge is -2.18. The van der Waals surface area contributed by atoms with E-state index < -0.39 is 0 Å². The van der Waals surface area contributed by atoms with Gasteiger partial charge >= 0.3 is 0 Å². The molecule has 1 N–H and O–H groups in total. The van der Waals surface area contributed by atoms with Crippen LogP contribution < -0.4 is 19.5 Å². The number of aryl methyl sites for hydroxylation is 2. The molecule has 0 heterocycles. The van der Waals surface area contributed by atoms with Gasteiger partial charge < -0.3 is 19.5 Å². The molecule has 0 spiro atoms. The van der Waals surface area contributed by atoms with Crippen molar-refractivity contribution in [2.24, 2.45) is 0 Å². The Hall–Kier alpha value is -2.69. The van der Waals surface area contributed by atoms with Gasteiger partial charge in [0, 0.05) is 5.56 Å². The number of carbonyl (C=O) groups is 1. The molecule has 0 fully saturated rings. The van der Waals surface area contributed by atoms with Gasteiger partial charge in [-0.1, -0.05) is 23.8 Å². The molecule has 0 aliphatic rings. The monoisotopic (exact) mass is 343 g/mol. The zero-order chi connectivity index (χ0) is 18.6. The zero-order valence-corrected chi connectivity index (χ0v) is 15.6. The highest BCUT2D eigenvalue weighted by atomic mass is 16.5. The fourth-order valence-corrected chi connectivity index (χ4v) is 2.88. The molecular weight excluding hydrogens is 318 g/mol. The summed E-state index contributed by atoms with van der Waals surface area (Å²) in [6.07, 6.45) is 0. The van der Waals surface area contributed by atoms with Crippen LogP contribution in [-0.4, -0.2) is 27.2 Å². The maximum atomic E-state index is 12.7. The molecule has 0 bridgehead atoms. The third kappa shape index (κ3) is 4.05. The van der Waals surface area contributed by atoms with E-state index in [0.717, 1.165) is 11.1 Å². The van der Waals surface area contributed by atoms with Gasteiger partial charge in [-0.15, -0.1) is 0 Å². The van der Waals surface area contributed by atoms with Crippen LogP contribution in [-0.2, 0) is 0 Å². The van der Waals surface area contributed by atoms with E-state index in [0.29, 0.717) is 22.8 Å². The molecule has 1 amide bonds. The number of nitrogens with one attached hydrogen (secondary N) is 1. The summed E-state index contributed by atoms with van der Waals surface area (Å²) in [5.74, 6) is 1.16. The predicted molar refractivity (Wildman–Crippen MR) is 97.9 cm³/mol. The first-order valence-electron chi connectivity index (χ1n) is 8.09. The maximum Gasteiger partial charge on any atom is 0.252 e. The molecule has 0 saturated carbocycles. The predicted octanol–water partition coefficient (Wildman–Crippen LogP) is 3.82. The Kier molecular flexibility index (Phi) is 5.91. The second-order valence-corrected chi connectivity index (χ2v) is 5.97. The van der Waals surface area contributed by atoms with Crippen LogP contribution in [0.2, 0.25) is 0 Å². The zero-order valence-electron chi connectivity index (χ0n) is 15.6. The highest BCUT2D eigenvalue weighted by Crippen LogP contribution is 2.38. The number of methoxy groups -OCH3 is 3. The fraction of sp³-hybridized carbons (Fsp3) is 0.350. The topological polar surface area (TPSA) is 56.8 Å². The minimum absolute atomic E-state index is 0.118. The molecule has 2 aromatic carbocycles. The summed E-state index contributed by atoms with van der Waals surface area (Å²) < 4.78 is 15.9. The Labute approximate surface area is 148 Å². The van der Waals surface area contributed by atoms with E-state index in [-0.39, 0.29) is 11.9 Å². The van der Waals surface area contributed by atoms with Crippen molar-refractivity contribution < 1.29 is 19.0 Å². The SMILES string of the molecule is COc1cc(C(=O)N[C@@H](C)c2ccc(C)cc2C)cc(OC)c1OC. The molecular formula is C20H25NO4. The summed E-state index contributed by atoms with van der Waals surface area (Å²) in [6.45, 7) is 6.06. The van der Waals surface area contributed by atoms with Crippen LogP contribution in [0, 0.1) is 13.8 Å². The smallest absolute Gasteiger partial charge is 0.252 e. The van der Waals surface area contributed by atoms with Gasteiger partial charge in [-0.2, -0.15) is 0 Å². The molecule has 134 valence electrons. The molecule has 0 saturated heterocycles. The van der Waals surface area contributed by atoms with Gasteiger partial charge in [0.05, 0.1) is 27.4 Å². The third-order valence-corrected chi connectivity index (χ3v) is 4.17.